The van der Waals surface area contributed by atoms with E-state index < -0.39 is 21.8 Å². The zero-order chi connectivity index (χ0) is 15.7. The number of nitrogens with one attached hydrogen (secondary N) is 1. The average molecular weight is 357 g/mol. The summed E-state index contributed by atoms with van der Waals surface area (Å²) in [5.41, 5.74) is -0.635. The minimum Gasteiger partial charge on any atom is -0.232 e. The fraction of sp³-hybridized carbons (Fsp3) is 0.182. The van der Waals surface area contributed by atoms with Crippen molar-refractivity contribution in [2.24, 2.45) is 0 Å². The molecule has 21 heavy (non-hydrogen) atoms. The first-order valence-corrected chi connectivity index (χ1v) is 8.13. The van der Waals surface area contributed by atoms with Crippen molar-refractivity contribution in [1.29, 1.82) is 0 Å². The second-order valence-corrected chi connectivity index (χ2v) is 7.56. The van der Waals surface area contributed by atoms with Crippen LogP contribution in [0.4, 0.5) is 13.2 Å². The summed E-state index contributed by atoms with van der Waals surface area (Å²) in [5.74, 6) is 0. The maximum absolute atomic E-state index is 12.5. The Labute approximate surface area is 127 Å². The summed E-state index contributed by atoms with van der Waals surface area (Å²) in [7, 11) is -3.85. The van der Waals surface area contributed by atoms with Gasteiger partial charge in [0, 0.05) is 6.54 Å². The van der Waals surface area contributed by atoms with Crippen LogP contribution in [0.5, 0.6) is 0 Å². The van der Waals surface area contributed by atoms with Gasteiger partial charge < -0.3 is 0 Å². The highest BCUT2D eigenvalue weighted by atomic mass is 35.5. The van der Waals surface area contributed by atoms with Gasteiger partial charge >= 0.3 is 6.18 Å². The highest BCUT2D eigenvalue weighted by molar-refractivity contribution is 7.91. The van der Waals surface area contributed by atoms with Crippen molar-refractivity contribution in [2.75, 3.05) is 0 Å². The quantitative estimate of drug-likeness (QED) is 0.914. The van der Waals surface area contributed by atoms with Gasteiger partial charge in [0.2, 0.25) is 0 Å². The number of hydrogen-bond acceptors (Lipinski definition) is 4. The normalized spacial score (nSPS) is 12.6. The Bertz CT molecular complexity index is 744. The number of alkyl halides is 3. The van der Waals surface area contributed by atoms with Crippen LogP contribution < -0.4 is 4.72 Å². The van der Waals surface area contributed by atoms with E-state index in [9.17, 15) is 21.6 Å². The lowest BCUT2D eigenvalue weighted by atomic mass is 10.1. The Morgan fingerprint density at radius 2 is 2.05 bits per heavy atom. The number of nitrogens with zero attached hydrogens (tertiary/aromatic N) is 1. The fourth-order valence-corrected chi connectivity index (χ4v) is 3.83. The largest absolute Gasteiger partial charge is 0.416 e. The van der Waals surface area contributed by atoms with Gasteiger partial charge in [-0.1, -0.05) is 41.1 Å². The van der Waals surface area contributed by atoms with E-state index >= 15 is 0 Å². The molecule has 1 aromatic heterocycles. The topological polar surface area (TPSA) is 59.1 Å². The van der Waals surface area contributed by atoms with E-state index in [2.05, 4.69) is 9.71 Å². The van der Waals surface area contributed by atoms with E-state index in [0.29, 0.717) is 0 Å². The maximum atomic E-state index is 12.5. The SMILES string of the molecule is O=S(=O)(NCc1cccc(C(F)(F)F)c1)c1cnc(Cl)s1. The molecule has 0 spiro atoms. The highest BCUT2D eigenvalue weighted by Gasteiger charge is 2.30. The van der Waals surface area contributed by atoms with E-state index in [1.54, 1.807) is 0 Å². The monoisotopic (exact) mass is 356 g/mol. The lowest BCUT2D eigenvalue weighted by Gasteiger charge is -2.09. The van der Waals surface area contributed by atoms with Crippen LogP contribution in [0.1, 0.15) is 11.1 Å². The van der Waals surface area contributed by atoms with Gasteiger partial charge in [0.1, 0.15) is 0 Å². The molecule has 1 heterocycles. The van der Waals surface area contributed by atoms with E-state index in [4.69, 9.17) is 11.6 Å². The van der Waals surface area contributed by atoms with E-state index in [-0.39, 0.29) is 20.8 Å². The van der Waals surface area contributed by atoms with Crippen LogP contribution in [-0.4, -0.2) is 13.4 Å². The van der Waals surface area contributed by atoms with Crippen molar-refractivity contribution in [1.82, 2.24) is 9.71 Å². The summed E-state index contributed by atoms with van der Waals surface area (Å²) in [6.45, 7) is -0.262. The first kappa shape index (κ1) is 16.2. The fourth-order valence-electron chi connectivity index (χ4n) is 1.47. The van der Waals surface area contributed by atoms with E-state index in [1.165, 1.54) is 12.1 Å². The van der Waals surface area contributed by atoms with Crippen LogP contribution in [-0.2, 0) is 22.7 Å². The summed E-state index contributed by atoms with van der Waals surface area (Å²) in [5, 5.41) is 0. The first-order valence-electron chi connectivity index (χ1n) is 5.45. The molecule has 0 aliphatic rings. The van der Waals surface area contributed by atoms with Crippen molar-refractivity contribution in [3.8, 4) is 0 Å². The van der Waals surface area contributed by atoms with Gasteiger partial charge in [-0.05, 0) is 11.6 Å². The van der Waals surface area contributed by atoms with Crippen molar-refractivity contribution < 1.29 is 21.6 Å². The van der Waals surface area contributed by atoms with Crippen LogP contribution in [0.3, 0.4) is 0 Å². The molecule has 0 aliphatic carbocycles. The van der Waals surface area contributed by atoms with E-state index in [0.717, 1.165) is 29.7 Å². The Morgan fingerprint density at radius 3 is 2.62 bits per heavy atom. The molecule has 1 N–H and O–H groups in total. The predicted molar refractivity (Wildman–Crippen MR) is 72.6 cm³/mol. The molecule has 0 radical (unpaired) electrons. The van der Waals surface area contributed by atoms with Crippen LogP contribution in [0, 0.1) is 0 Å². The van der Waals surface area contributed by atoms with Crippen molar-refractivity contribution in [3.63, 3.8) is 0 Å². The molecule has 2 aromatic rings. The Balaban J connectivity index is 2.13. The zero-order valence-corrected chi connectivity index (χ0v) is 12.6. The molecule has 0 aliphatic heterocycles. The minimum atomic E-state index is -4.47. The standard InChI is InChI=1S/C11H8ClF3N2O2S2/c12-10-16-6-9(20-10)21(18,19)17-5-7-2-1-3-8(4-7)11(13,14)15/h1-4,6,17H,5H2. The lowest BCUT2D eigenvalue weighted by Crippen LogP contribution is -2.22. The molecule has 4 nitrogen and oxygen atoms in total. The van der Waals surface area contributed by atoms with Crippen LogP contribution in [0.2, 0.25) is 4.47 Å². The number of aromatic nitrogens is 1. The minimum absolute atomic E-state index is 0.0643. The summed E-state index contributed by atoms with van der Waals surface area (Å²) in [6.07, 6.45) is -3.39. The van der Waals surface area contributed by atoms with Gasteiger partial charge in [-0.15, -0.1) is 0 Å². The number of benzene rings is 1. The van der Waals surface area contributed by atoms with Gasteiger partial charge in [0.15, 0.2) is 8.68 Å². The number of rotatable bonds is 4. The molecule has 0 bridgehead atoms. The molecular weight excluding hydrogens is 349 g/mol. The molecule has 0 atom stereocenters. The summed E-state index contributed by atoms with van der Waals surface area (Å²) in [4.78, 5) is 3.60. The molecule has 0 amide bonds. The van der Waals surface area contributed by atoms with Crippen molar-refractivity contribution >= 4 is 33.0 Å². The third-order valence-corrected chi connectivity index (χ3v) is 5.42. The molecule has 0 fully saturated rings. The maximum Gasteiger partial charge on any atom is 0.416 e. The van der Waals surface area contributed by atoms with Gasteiger partial charge in [-0.25, -0.2) is 18.1 Å². The summed E-state index contributed by atoms with van der Waals surface area (Å²) < 4.78 is 63.6. The third-order valence-electron chi connectivity index (χ3n) is 2.44. The zero-order valence-electron chi connectivity index (χ0n) is 10.2. The molecule has 0 saturated carbocycles. The van der Waals surface area contributed by atoms with Gasteiger partial charge in [-0.2, -0.15) is 13.2 Å². The summed E-state index contributed by atoms with van der Waals surface area (Å²) >= 11 is 6.31. The van der Waals surface area contributed by atoms with Crippen molar-refractivity contribution in [3.05, 3.63) is 46.1 Å². The predicted octanol–water partition coefficient (Wildman–Crippen LogP) is 3.29. The Morgan fingerprint density at radius 1 is 1.33 bits per heavy atom. The van der Waals surface area contributed by atoms with E-state index in [1.807, 2.05) is 0 Å². The second kappa shape index (κ2) is 5.91. The smallest absolute Gasteiger partial charge is 0.232 e. The molecule has 1 aromatic carbocycles. The number of hydrogen-bond donors (Lipinski definition) is 1. The Hall–Kier alpha value is -1.16. The average Bonchev–Trinajstić information content (AvgIpc) is 2.83. The number of thiazole rings is 1. The van der Waals surface area contributed by atoms with Gasteiger partial charge in [0.05, 0.1) is 11.8 Å². The molecule has 2 rings (SSSR count). The number of sulfonamides is 1. The second-order valence-electron chi connectivity index (χ2n) is 3.95. The molecular formula is C11H8ClF3N2O2S2. The first-order chi connectivity index (χ1) is 9.68. The van der Waals surface area contributed by atoms with Crippen LogP contribution in [0.25, 0.3) is 0 Å². The Kier molecular flexibility index (Phi) is 4.57. The third kappa shape index (κ3) is 4.16. The molecule has 0 saturated heterocycles. The van der Waals surface area contributed by atoms with Gasteiger partial charge in [0.25, 0.3) is 10.0 Å². The summed E-state index contributed by atoms with van der Waals surface area (Å²) in [6, 6.07) is 4.43. The molecule has 114 valence electrons. The van der Waals surface area contributed by atoms with Gasteiger partial charge in [-0.3, -0.25) is 0 Å². The molecule has 10 heteroatoms. The van der Waals surface area contributed by atoms with Crippen LogP contribution in [0.15, 0.2) is 34.7 Å². The number of halogens is 4. The van der Waals surface area contributed by atoms with Crippen molar-refractivity contribution in [2.45, 2.75) is 16.9 Å². The lowest BCUT2D eigenvalue weighted by molar-refractivity contribution is -0.137. The molecule has 0 unspecified atom stereocenters. The highest BCUT2D eigenvalue weighted by Crippen LogP contribution is 2.29. The van der Waals surface area contributed by atoms with Crippen LogP contribution >= 0.6 is 22.9 Å².